The summed E-state index contributed by atoms with van der Waals surface area (Å²) >= 11 is 0. The Morgan fingerprint density at radius 1 is 1.39 bits per heavy atom. The summed E-state index contributed by atoms with van der Waals surface area (Å²) in [4.78, 5) is 14.2. The van der Waals surface area contributed by atoms with Crippen LogP contribution in [0.4, 0.5) is 0 Å². The van der Waals surface area contributed by atoms with Gasteiger partial charge in [0.05, 0.1) is 25.6 Å². The van der Waals surface area contributed by atoms with Gasteiger partial charge in [0, 0.05) is 31.0 Å². The first-order valence-electron chi connectivity index (χ1n) is 8.30. The zero-order chi connectivity index (χ0) is 16.5. The van der Waals surface area contributed by atoms with Crippen LogP contribution in [0.1, 0.15) is 25.7 Å². The van der Waals surface area contributed by atoms with Crippen LogP contribution in [0.3, 0.4) is 0 Å². The molecule has 23 heavy (non-hydrogen) atoms. The second kappa shape index (κ2) is 6.66. The molecular formula is C15H26N2O5S. The molecule has 0 spiro atoms. The van der Waals surface area contributed by atoms with Crippen LogP contribution in [0.2, 0.25) is 0 Å². The summed E-state index contributed by atoms with van der Waals surface area (Å²) in [5.41, 5.74) is -0.300. The zero-order valence-electron chi connectivity index (χ0n) is 13.6. The molecule has 132 valence electrons. The first-order valence-corrected chi connectivity index (χ1v) is 10.2. The van der Waals surface area contributed by atoms with Crippen LogP contribution < -0.4 is 4.72 Å². The molecule has 3 fully saturated rings. The lowest BCUT2D eigenvalue weighted by Crippen LogP contribution is -2.43. The third kappa shape index (κ3) is 4.04. The van der Waals surface area contributed by atoms with Gasteiger partial charge in [0.15, 0.2) is 0 Å². The van der Waals surface area contributed by atoms with Crippen molar-refractivity contribution in [3.8, 4) is 0 Å². The predicted octanol–water partition coefficient (Wildman–Crippen LogP) is -0.0302. The van der Waals surface area contributed by atoms with Crippen molar-refractivity contribution in [3.63, 3.8) is 0 Å². The Morgan fingerprint density at radius 2 is 2.13 bits per heavy atom. The van der Waals surface area contributed by atoms with Crippen LogP contribution in [0.15, 0.2) is 0 Å². The molecule has 2 atom stereocenters. The van der Waals surface area contributed by atoms with E-state index in [1.165, 1.54) is 12.8 Å². The molecule has 1 N–H and O–H groups in total. The van der Waals surface area contributed by atoms with Gasteiger partial charge in [-0.15, -0.1) is 0 Å². The highest BCUT2D eigenvalue weighted by Crippen LogP contribution is 2.41. The van der Waals surface area contributed by atoms with Gasteiger partial charge >= 0.3 is 0 Å². The van der Waals surface area contributed by atoms with Crippen LogP contribution in [0, 0.1) is 11.3 Å². The third-order valence-corrected chi connectivity index (χ3v) is 5.97. The van der Waals surface area contributed by atoms with Crippen LogP contribution >= 0.6 is 0 Å². The third-order valence-electron chi connectivity index (χ3n) is 5.30. The molecule has 8 heteroatoms. The highest BCUT2D eigenvalue weighted by Gasteiger charge is 2.51. The average molecular weight is 346 g/mol. The number of fused-ring (bicyclic) bond motifs is 1. The number of rotatable bonds is 6. The van der Waals surface area contributed by atoms with E-state index >= 15 is 0 Å². The van der Waals surface area contributed by atoms with E-state index in [1.807, 2.05) is 4.90 Å². The summed E-state index contributed by atoms with van der Waals surface area (Å²) in [6.07, 6.45) is 5.84. The van der Waals surface area contributed by atoms with Gasteiger partial charge in [-0.25, -0.2) is 13.1 Å². The second-order valence-electron chi connectivity index (χ2n) is 7.16. The number of likely N-dealkylation sites (tertiary alicyclic amines) is 1. The molecule has 1 aliphatic carbocycles. The number of amides is 1. The molecule has 2 saturated heterocycles. The first kappa shape index (κ1) is 17.1. The van der Waals surface area contributed by atoms with Gasteiger partial charge in [0.2, 0.25) is 15.9 Å². The van der Waals surface area contributed by atoms with Crippen molar-refractivity contribution < 1.29 is 22.7 Å². The summed E-state index contributed by atoms with van der Waals surface area (Å²) in [5.74, 6) is 0.192. The maximum Gasteiger partial charge on any atom is 0.248 e. The molecule has 0 unspecified atom stereocenters. The summed E-state index contributed by atoms with van der Waals surface area (Å²) < 4.78 is 36.6. The van der Waals surface area contributed by atoms with Crippen molar-refractivity contribution >= 4 is 15.9 Å². The van der Waals surface area contributed by atoms with Crippen molar-refractivity contribution in [2.75, 3.05) is 45.7 Å². The fraction of sp³-hybridized carbons (Fsp3) is 0.933. The summed E-state index contributed by atoms with van der Waals surface area (Å²) in [6, 6.07) is 0. The van der Waals surface area contributed by atoms with Crippen molar-refractivity contribution in [3.05, 3.63) is 0 Å². The molecule has 0 aromatic rings. The number of hydrogen-bond donors (Lipinski definition) is 1. The van der Waals surface area contributed by atoms with E-state index in [0.717, 1.165) is 19.1 Å². The lowest BCUT2D eigenvalue weighted by atomic mass is 9.81. The Balaban J connectivity index is 1.55. The normalized spacial score (nSPS) is 31.7. The topological polar surface area (TPSA) is 84.9 Å². The zero-order valence-corrected chi connectivity index (χ0v) is 14.4. The van der Waals surface area contributed by atoms with E-state index in [-0.39, 0.29) is 30.0 Å². The Morgan fingerprint density at radius 3 is 2.83 bits per heavy atom. The number of sulfonamides is 1. The highest BCUT2D eigenvalue weighted by atomic mass is 32.2. The van der Waals surface area contributed by atoms with Crippen molar-refractivity contribution in [1.82, 2.24) is 9.62 Å². The maximum absolute atomic E-state index is 12.4. The average Bonchev–Trinajstić information content (AvgIpc) is 3.17. The number of carbonyl (C=O) groups is 1. The standard InChI is InChI=1S/C15H26N2O5S/c1-23(19,20)16-9-15-10-17(6-12(15)7-21-11-15)14(18)8-22-13-4-2-3-5-13/h12-13,16H,2-11H2,1H3/t12-,15+/m0/s1. The van der Waals surface area contributed by atoms with Gasteiger partial charge < -0.3 is 14.4 Å². The SMILES string of the molecule is CS(=O)(=O)NC[C@@]12COC[C@@H]1CN(C(=O)COC1CCCC1)C2. The van der Waals surface area contributed by atoms with E-state index in [2.05, 4.69) is 4.72 Å². The first-order chi connectivity index (χ1) is 10.9. The lowest BCUT2D eigenvalue weighted by Gasteiger charge is -2.27. The van der Waals surface area contributed by atoms with Gasteiger partial charge in [-0.1, -0.05) is 12.8 Å². The quantitative estimate of drug-likeness (QED) is 0.730. The fourth-order valence-corrected chi connectivity index (χ4v) is 4.43. The van der Waals surface area contributed by atoms with Gasteiger partial charge in [-0.05, 0) is 12.8 Å². The number of ether oxygens (including phenoxy) is 2. The summed E-state index contributed by atoms with van der Waals surface area (Å²) in [7, 11) is -3.25. The highest BCUT2D eigenvalue weighted by molar-refractivity contribution is 7.88. The molecule has 0 radical (unpaired) electrons. The molecule has 0 bridgehead atoms. The van der Waals surface area contributed by atoms with Gasteiger partial charge in [0.25, 0.3) is 0 Å². The number of nitrogens with one attached hydrogen (secondary N) is 1. The van der Waals surface area contributed by atoms with E-state index in [4.69, 9.17) is 9.47 Å². The Labute approximate surface area is 137 Å². The summed E-state index contributed by atoms with van der Waals surface area (Å²) in [6.45, 7) is 2.69. The van der Waals surface area contributed by atoms with E-state index in [1.54, 1.807) is 0 Å². The molecule has 0 aromatic carbocycles. The monoisotopic (exact) mass is 346 g/mol. The minimum Gasteiger partial charge on any atom is -0.380 e. The minimum atomic E-state index is -3.25. The molecule has 2 heterocycles. The van der Waals surface area contributed by atoms with Crippen LogP contribution in [0.25, 0.3) is 0 Å². The molecule has 7 nitrogen and oxygen atoms in total. The minimum absolute atomic E-state index is 0.00466. The molecule has 1 amide bonds. The Bertz CT molecular complexity index is 546. The number of hydrogen-bond acceptors (Lipinski definition) is 5. The van der Waals surface area contributed by atoms with Crippen molar-refractivity contribution in [2.24, 2.45) is 11.3 Å². The van der Waals surface area contributed by atoms with Crippen molar-refractivity contribution in [1.29, 1.82) is 0 Å². The molecule has 3 rings (SSSR count). The fourth-order valence-electron chi connectivity index (χ4n) is 3.88. The number of nitrogens with zero attached hydrogens (tertiary/aromatic N) is 1. The maximum atomic E-state index is 12.4. The van der Waals surface area contributed by atoms with E-state index < -0.39 is 10.0 Å². The van der Waals surface area contributed by atoms with Gasteiger partial charge in [-0.2, -0.15) is 0 Å². The van der Waals surface area contributed by atoms with Gasteiger partial charge in [0.1, 0.15) is 6.61 Å². The Hall–Kier alpha value is -0.700. The van der Waals surface area contributed by atoms with Crippen LogP contribution in [-0.4, -0.2) is 71.0 Å². The molecule has 2 aliphatic heterocycles. The van der Waals surface area contributed by atoms with Crippen LogP contribution in [-0.2, 0) is 24.3 Å². The lowest BCUT2D eigenvalue weighted by molar-refractivity contribution is -0.137. The van der Waals surface area contributed by atoms with Crippen LogP contribution in [0.5, 0.6) is 0 Å². The molecule has 3 aliphatic rings. The molecular weight excluding hydrogens is 320 g/mol. The predicted molar refractivity (Wildman–Crippen MR) is 84.4 cm³/mol. The molecule has 0 aromatic heterocycles. The second-order valence-corrected chi connectivity index (χ2v) is 8.99. The Kier molecular flexibility index (Phi) is 4.96. The van der Waals surface area contributed by atoms with Gasteiger partial charge in [-0.3, -0.25) is 4.79 Å². The van der Waals surface area contributed by atoms with E-state index in [9.17, 15) is 13.2 Å². The van der Waals surface area contributed by atoms with E-state index in [0.29, 0.717) is 32.8 Å². The van der Waals surface area contributed by atoms with Crippen molar-refractivity contribution in [2.45, 2.75) is 31.8 Å². The molecule has 1 saturated carbocycles. The largest absolute Gasteiger partial charge is 0.380 e. The summed E-state index contributed by atoms with van der Waals surface area (Å²) in [5, 5.41) is 0. The smallest absolute Gasteiger partial charge is 0.248 e. The number of carbonyl (C=O) groups excluding carboxylic acids is 1.